The van der Waals surface area contributed by atoms with Crippen LogP contribution in [0.3, 0.4) is 0 Å². The van der Waals surface area contributed by atoms with Gasteiger partial charge in [-0.15, -0.1) is 0 Å². The van der Waals surface area contributed by atoms with E-state index in [2.05, 4.69) is 0 Å². The van der Waals surface area contributed by atoms with E-state index in [0.29, 0.717) is 4.48 Å². The minimum absolute atomic E-state index is 0.421. The van der Waals surface area contributed by atoms with Crippen molar-refractivity contribution in [2.45, 2.75) is 26.3 Å². The fraction of sp³-hybridized carbons (Fsp3) is 0.875. The monoisotopic (exact) mass is 159 g/mol. The van der Waals surface area contributed by atoms with Crippen molar-refractivity contribution in [1.29, 1.82) is 0 Å². The number of quaternary nitrogens is 1. The van der Waals surface area contributed by atoms with E-state index in [1.807, 2.05) is 21.0 Å². The zero-order valence-electron chi connectivity index (χ0n) is 7.76. The number of rotatable bonds is 4. The van der Waals surface area contributed by atoms with E-state index >= 15 is 0 Å². The maximum Gasteiger partial charge on any atom is 0.126 e. The molecule has 0 fully saturated rings. The van der Waals surface area contributed by atoms with Crippen LogP contribution in [0.25, 0.3) is 0 Å². The van der Waals surface area contributed by atoms with Gasteiger partial charge in [0.25, 0.3) is 0 Å². The van der Waals surface area contributed by atoms with Gasteiger partial charge in [-0.05, 0) is 13.3 Å². The van der Waals surface area contributed by atoms with Gasteiger partial charge in [0, 0.05) is 0 Å². The number of carbonyl (C=O) groups excluding carboxylic acids is 1. The van der Waals surface area contributed by atoms with Gasteiger partial charge >= 0.3 is 0 Å². The van der Waals surface area contributed by atoms with Crippen LogP contribution in [0.1, 0.15) is 20.3 Å². The van der Waals surface area contributed by atoms with Crippen molar-refractivity contribution in [3.8, 4) is 0 Å². The summed E-state index contributed by atoms with van der Waals surface area (Å²) in [6.07, 6.45) is 0.991. The van der Waals surface area contributed by atoms with Crippen molar-refractivity contribution in [1.82, 2.24) is 0 Å². The van der Waals surface area contributed by atoms with Crippen LogP contribution in [0, 0.1) is 0 Å². The van der Waals surface area contributed by atoms with E-state index in [0.717, 1.165) is 13.0 Å². The number of nitrogens with zero attached hydrogens (tertiary/aromatic N) is 1. The summed E-state index contributed by atoms with van der Waals surface area (Å²) in [6.45, 7) is 4.60. The molecule has 11 heavy (non-hydrogen) atoms. The molecule has 0 N–H and O–H groups in total. The predicted octanol–water partition coefficient (Wildman–Crippen LogP) is -0.389. The molecule has 1 atom stereocenters. The van der Waals surface area contributed by atoms with Gasteiger partial charge in [-0.2, -0.15) is 0 Å². The molecule has 0 amide bonds. The number of carboxylic acid groups (broad SMARTS) is 1. The lowest BCUT2D eigenvalue weighted by Crippen LogP contribution is -2.55. The lowest BCUT2D eigenvalue weighted by atomic mass is 10.2. The predicted molar refractivity (Wildman–Crippen MR) is 41.7 cm³/mol. The molecule has 0 aromatic rings. The Balaban J connectivity index is 4.16. The SMILES string of the molecule is CCC[N+](C)(C)C(C)C(=O)[O-]. The summed E-state index contributed by atoms with van der Waals surface area (Å²) < 4.78 is 0.499. The minimum Gasteiger partial charge on any atom is -0.544 e. The highest BCUT2D eigenvalue weighted by Gasteiger charge is 2.23. The van der Waals surface area contributed by atoms with E-state index in [1.54, 1.807) is 6.92 Å². The van der Waals surface area contributed by atoms with E-state index in [-0.39, 0.29) is 0 Å². The second-order valence-corrected chi connectivity index (χ2v) is 3.50. The van der Waals surface area contributed by atoms with Gasteiger partial charge in [-0.25, -0.2) is 0 Å². The maximum atomic E-state index is 10.5. The molecule has 0 aromatic carbocycles. The normalized spacial score (nSPS) is 14.5. The minimum atomic E-state index is -0.969. The third kappa shape index (κ3) is 2.89. The molecule has 1 unspecified atom stereocenters. The van der Waals surface area contributed by atoms with Crippen molar-refractivity contribution >= 4 is 5.97 Å². The van der Waals surface area contributed by atoms with Gasteiger partial charge in [0.2, 0.25) is 0 Å². The van der Waals surface area contributed by atoms with Gasteiger partial charge in [0.05, 0.1) is 26.6 Å². The lowest BCUT2D eigenvalue weighted by Gasteiger charge is -2.36. The highest BCUT2D eigenvalue weighted by atomic mass is 16.4. The summed E-state index contributed by atoms with van der Waals surface area (Å²) in [5.41, 5.74) is 0. The van der Waals surface area contributed by atoms with Crippen LogP contribution < -0.4 is 5.11 Å². The fourth-order valence-corrected chi connectivity index (χ4v) is 1.06. The third-order valence-corrected chi connectivity index (χ3v) is 2.19. The average Bonchev–Trinajstić information content (AvgIpc) is 1.86. The second kappa shape index (κ2) is 3.72. The molecular weight excluding hydrogens is 142 g/mol. The summed E-state index contributed by atoms with van der Waals surface area (Å²) in [7, 11) is 3.81. The van der Waals surface area contributed by atoms with Crippen LogP contribution in [-0.2, 0) is 4.79 Å². The molecule has 0 heterocycles. The highest BCUT2D eigenvalue weighted by Crippen LogP contribution is 2.06. The van der Waals surface area contributed by atoms with Crippen LogP contribution in [0.2, 0.25) is 0 Å². The van der Waals surface area contributed by atoms with Crippen LogP contribution in [0.15, 0.2) is 0 Å². The Bertz CT molecular complexity index is 143. The average molecular weight is 159 g/mol. The number of likely N-dealkylation sites (N-methyl/N-ethyl adjacent to an activating group) is 1. The topological polar surface area (TPSA) is 40.1 Å². The first kappa shape index (κ1) is 10.4. The van der Waals surface area contributed by atoms with Crippen molar-refractivity contribution < 1.29 is 14.4 Å². The van der Waals surface area contributed by atoms with E-state index in [9.17, 15) is 9.90 Å². The molecule has 3 nitrogen and oxygen atoms in total. The maximum absolute atomic E-state index is 10.5. The Morgan fingerprint density at radius 2 is 2.00 bits per heavy atom. The Morgan fingerprint density at radius 1 is 1.55 bits per heavy atom. The molecule has 0 aliphatic rings. The summed E-state index contributed by atoms with van der Waals surface area (Å²) in [5.74, 6) is -0.969. The third-order valence-electron chi connectivity index (χ3n) is 2.19. The standard InChI is InChI=1S/C8H17NO2/c1-5-6-9(3,4)7(2)8(10)11/h7H,5-6H2,1-4H3. The molecule has 0 saturated carbocycles. The van der Waals surface area contributed by atoms with Crippen LogP contribution >= 0.6 is 0 Å². The van der Waals surface area contributed by atoms with Gasteiger partial charge in [-0.3, -0.25) is 0 Å². The molecule has 0 rings (SSSR count). The van der Waals surface area contributed by atoms with Gasteiger partial charge in [0.15, 0.2) is 0 Å². The molecule has 0 saturated heterocycles. The first-order valence-corrected chi connectivity index (χ1v) is 3.95. The molecule has 0 aliphatic carbocycles. The van der Waals surface area contributed by atoms with Gasteiger partial charge in [-0.1, -0.05) is 6.92 Å². The smallest absolute Gasteiger partial charge is 0.126 e. The van der Waals surface area contributed by atoms with Gasteiger partial charge in [0.1, 0.15) is 6.04 Å². The molecule has 0 aromatic heterocycles. The van der Waals surface area contributed by atoms with Crippen molar-refractivity contribution in [3.63, 3.8) is 0 Å². The molecule has 3 heteroatoms. The zero-order chi connectivity index (χ0) is 9.07. The fourth-order valence-electron chi connectivity index (χ4n) is 1.06. The summed E-state index contributed by atoms with van der Waals surface area (Å²) in [6, 6.07) is -0.421. The highest BCUT2D eigenvalue weighted by molar-refractivity contribution is 5.69. The summed E-state index contributed by atoms with van der Waals surface area (Å²) in [5, 5.41) is 10.5. The summed E-state index contributed by atoms with van der Waals surface area (Å²) in [4.78, 5) is 10.5. The van der Waals surface area contributed by atoms with E-state index in [1.165, 1.54) is 0 Å². The van der Waals surface area contributed by atoms with E-state index < -0.39 is 12.0 Å². The van der Waals surface area contributed by atoms with Crippen molar-refractivity contribution in [2.24, 2.45) is 0 Å². The van der Waals surface area contributed by atoms with Crippen LogP contribution in [-0.4, -0.2) is 37.1 Å². The van der Waals surface area contributed by atoms with Crippen molar-refractivity contribution in [3.05, 3.63) is 0 Å². The van der Waals surface area contributed by atoms with Gasteiger partial charge < -0.3 is 14.4 Å². The number of hydrogen-bond donors (Lipinski definition) is 0. The molecule has 0 radical (unpaired) electrons. The molecule has 0 bridgehead atoms. The number of hydrogen-bond acceptors (Lipinski definition) is 2. The zero-order valence-corrected chi connectivity index (χ0v) is 7.76. The van der Waals surface area contributed by atoms with E-state index in [4.69, 9.17) is 0 Å². The molecule has 0 aliphatic heterocycles. The number of aliphatic carboxylic acids is 1. The van der Waals surface area contributed by atoms with Crippen LogP contribution in [0.4, 0.5) is 0 Å². The largest absolute Gasteiger partial charge is 0.544 e. The molecule has 0 spiro atoms. The Morgan fingerprint density at radius 3 is 2.27 bits per heavy atom. The number of carboxylic acids is 1. The Kier molecular flexibility index (Phi) is 3.52. The molecular formula is C8H17NO2. The first-order valence-electron chi connectivity index (χ1n) is 3.95. The molecule has 66 valence electrons. The quantitative estimate of drug-likeness (QED) is 0.524. The number of carbonyl (C=O) groups is 1. The first-order chi connectivity index (χ1) is 4.91. The lowest BCUT2D eigenvalue weighted by molar-refractivity contribution is -0.906. The Labute approximate surface area is 68.2 Å². The summed E-state index contributed by atoms with van der Waals surface area (Å²) >= 11 is 0. The Hall–Kier alpha value is -0.570. The van der Waals surface area contributed by atoms with Crippen molar-refractivity contribution in [2.75, 3.05) is 20.6 Å². The van der Waals surface area contributed by atoms with Crippen LogP contribution in [0.5, 0.6) is 0 Å². The second-order valence-electron chi connectivity index (χ2n) is 3.50.